The lowest BCUT2D eigenvalue weighted by Gasteiger charge is -2.34. The second-order valence-electron chi connectivity index (χ2n) is 3.91. The number of ether oxygens (including phenoxy) is 1. The molecule has 3 fully saturated rings. The predicted molar refractivity (Wildman–Crippen MR) is 44.8 cm³/mol. The van der Waals surface area contributed by atoms with Gasteiger partial charge in [0, 0.05) is 13.2 Å². The maximum atomic E-state index is 11.3. The summed E-state index contributed by atoms with van der Waals surface area (Å²) in [5, 5.41) is 3.01. The molecule has 2 heterocycles. The van der Waals surface area contributed by atoms with Crippen molar-refractivity contribution >= 4 is 5.91 Å². The standard InChI is InChI=1S/C9H15NO2/c1-12-9-4-2-7(3-5-9)10-8(11)6-9/h7H,2-6H2,1H3,(H,10,11). The first kappa shape index (κ1) is 8.05. The van der Waals surface area contributed by atoms with Crippen LogP contribution in [0.5, 0.6) is 0 Å². The number of nitrogens with one attached hydrogen (secondary N) is 1. The molecule has 0 aromatic rings. The molecule has 1 N–H and O–H groups in total. The number of hydrogen-bond acceptors (Lipinski definition) is 2. The number of carbonyl (C=O) groups excluding carboxylic acids is 1. The van der Waals surface area contributed by atoms with Crippen LogP contribution < -0.4 is 5.32 Å². The molecule has 2 saturated heterocycles. The molecule has 0 unspecified atom stereocenters. The Hall–Kier alpha value is -0.570. The first-order chi connectivity index (χ1) is 5.74. The molecule has 0 aromatic carbocycles. The van der Waals surface area contributed by atoms with E-state index >= 15 is 0 Å². The maximum Gasteiger partial charge on any atom is 0.223 e. The van der Waals surface area contributed by atoms with Crippen molar-refractivity contribution in [1.29, 1.82) is 0 Å². The molecule has 1 aliphatic carbocycles. The van der Waals surface area contributed by atoms with Crippen LogP contribution in [-0.4, -0.2) is 24.7 Å². The van der Waals surface area contributed by atoms with Gasteiger partial charge in [0.2, 0.25) is 5.91 Å². The number of methoxy groups -OCH3 is 1. The Morgan fingerprint density at radius 2 is 2.17 bits per heavy atom. The fraction of sp³-hybridized carbons (Fsp3) is 0.889. The Kier molecular flexibility index (Phi) is 1.83. The number of carbonyl (C=O) groups is 1. The smallest absolute Gasteiger partial charge is 0.223 e. The molecule has 0 radical (unpaired) electrons. The van der Waals surface area contributed by atoms with E-state index in [4.69, 9.17) is 4.74 Å². The summed E-state index contributed by atoms with van der Waals surface area (Å²) in [5.41, 5.74) is -0.128. The summed E-state index contributed by atoms with van der Waals surface area (Å²) in [4.78, 5) is 11.3. The summed E-state index contributed by atoms with van der Waals surface area (Å²) in [6.07, 6.45) is 4.79. The van der Waals surface area contributed by atoms with Gasteiger partial charge in [0.25, 0.3) is 0 Å². The van der Waals surface area contributed by atoms with Crippen LogP contribution in [0.25, 0.3) is 0 Å². The highest BCUT2D eigenvalue weighted by atomic mass is 16.5. The van der Waals surface area contributed by atoms with Crippen molar-refractivity contribution < 1.29 is 9.53 Å². The van der Waals surface area contributed by atoms with Crippen LogP contribution in [0.1, 0.15) is 32.1 Å². The zero-order chi connectivity index (χ0) is 8.60. The summed E-state index contributed by atoms with van der Waals surface area (Å²) in [5.74, 6) is 0.164. The van der Waals surface area contributed by atoms with Crippen molar-refractivity contribution in [1.82, 2.24) is 5.32 Å². The van der Waals surface area contributed by atoms with Crippen molar-refractivity contribution in [3.8, 4) is 0 Å². The molecule has 2 bridgehead atoms. The van der Waals surface area contributed by atoms with Crippen LogP contribution in [0.15, 0.2) is 0 Å². The van der Waals surface area contributed by atoms with Gasteiger partial charge in [-0.25, -0.2) is 0 Å². The van der Waals surface area contributed by atoms with E-state index in [1.54, 1.807) is 7.11 Å². The monoisotopic (exact) mass is 169 g/mol. The molecule has 0 atom stereocenters. The molecule has 0 aromatic heterocycles. The molecule has 3 heteroatoms. The molecule has 12 heavy (non-hydrogen) atoms. The average Bonchev–Trinajstić information content (AvgIpc) is 2.32. The van der Waals surface area contributed by atoms with Crippen LogP contribution in [-0.2, 0) is 9.53 Å². The Balaban J connectivity index is 2.19. The quantitative estimate of drug-likeness (QED) is 0.631. The second kappa shape index (κ2) is 2.73. The summed E-state index contributed by atoms with van der Waals surface area (Å²) in [6, 6.07) is 0.420. The second-order valence-corrected chi connectivity index (χ2v) is 3.91. The minimum Gasteiger partial charge on any atom is -0.378 e. The van der Waals surface area contributed by atoms with E-state index < -0.39 is 0 Å². The van der Waals surface area contributed by atoms with Crippen molar-refractivity contribution in [3.63, 3.8) is 0 Å². The van der Waals surface area contributed by atoms with E-state index in [0.29, 0.717) is 12.5 Å². The average molecular weight is 169 g/mol. The Labute approximate surface area is 72.5 Å². The predicted octanol–water partition coefficient (Wildman–Crippen LogP) is 0.834. The van der Waals surface area contributed by atoms with E-state index in [1.165, 1.54) is 0 Å². The van der Waals surface area contributed by atoms with Gasteiger partial charge in [-0.05, 0) is 25.7 Å². The minimum absolute atomic E-state index is 0.128. The third-order valence-electron chi connectivity index (χ3n) is 3.18. The van der Waals surface area contributed by atoms with Crippen LogP contribution in [0, 0.1) is 0 Å². The summed E-state index contributed by atoms with van der Waals surface area (Å²) >= 11 is 0. The zero-order valence-corrected chi connectivity index (χ0v) is 7.43. The number of amides is 1. The van der Waals surface area contributed by atoms with E-state index in [9.17, 15) is 4.79 Å². The van der Waals surface area contributed by atoms with Crippen molar-refractivity contribution in [2.24, 2.45) is 0 Å². The van der Waals surface area contributed by atoms with Crippen LogP contribution >= 0.6 is 0 Å². The van der Waals surface area contributed by atoms with Crippen molar-refractivity contribution in [2.45, 2.75) is 43.7 Å². The fourth-order valence-electron chi connectivity index (χ4n) is 2.31. The Bertz CT molecular complexity index is 195. The van der Waals surface area contributed by atoms with Crippen LogP contribution in [0.2, 0.25) is 0 Å². The van der Waals surface area contributed by atoms with Gasteiger partial charge < -0.3 is 10.1 Å². The van der Waals surface area contributed by atoms with Crippen LogP contribution in [0.3, 0.4) is 0 Å². The minimum atomic E-state index is -0.128. The van der Waals surface area contributed by atoms with Crippen molar-refractivity contribution in [3.05, 3.63) is 0 Å². The maximum absolute atomic E-state index is 11.3. The summed E-state index contributed by atoms with van der Waals surface area (Å²) in [7, 11) is 1.72. The van der Waals surface area contributed by atoms with Gasteiger partial charge in [0.05, 0.1) is 12.0 Å². The van der Waals surface area contributed by atoms with Crippen LogP contribution in [0.4, 0.5) is 0 Å². The lowest BCUT2D eigenvalue weighted by molar-refractivity contribution is -0.126. The third-order valence-corrected chi connectivity index (χ3v) is 3.18. The summed E-state index contributed by atoms with van der Waals surface area (Å²) < 4.78 is 5.46. The number of rotatable bonds is 1. The number of fused-ring (bicyclic) bond motifs is 4. The third kappa shape index (κ3) is 1.22. The molecule has 3 rings (SSSR count). The van der Waals surface area contributed by atoms with Crippen molar-refractivity contribution in [2.75, 3.05) is 7.11 Å². The lowest BCUT2D eigenvalue weighted by atomic mass is 9.82. The number of hydrogen-bond donors (Lipinski definition) is 1. The first-order valence-corrected chi connectivity index (χ1v) is 4.59. The molecule has 68 valence electrons. The Morgan fingerprint density at radius 3 is 2.75 bits per heavy atom. The highest BCUT2D eigenvalue weighted by molar-refractivity contribution is 5.78. The molecule has 1 saturated carbocycles. The molecule has 1 amide bonds. The summed E-state index contributed by atoms with van der Waals surface area (Å²) in [6.45, 7) is 0. The van der Waals surface area contributed by atoms with E-state index in [0.717, 1.165) is 25.7 Å². The van der Waals surface area contributed by atoms with Gasteiger partial charge >= 0.3 is 0 Å². The van der Waals surface area contributed by atoms with E-state index in [2.05, 4.69) is 5.32 Å². The first-order valence-electron chi connectivity index (χ1n) is 4.59. The fourth-order valence-corrected chi connectivity index (χ4v) is 2.31. The highest BCUT2D eigenvalue weighted by Crippen LogP contribution is 2.36. The molecule has 2 aliphatic heterocycles. The molecule has 0 spiro atoms. The largest absolute Gasteiger partial charge is 0.378 e. The molecule has 3 nitrogen and oxygen atoms in total. The normalized spacial score (nSPS) is 40.8. The highest BCUT2D eigenvalue weighted by Gasteiger charge is 2.41. The Morgan fingerprint density at radius 1 is 1.50 bits per heavy atom. The topological polar surface area (TPSA) is 38.3 Å². The van der Waals surface area contributed by atoms with E-state index in [1.807, 2.05) is 0 Å². The molecule has 3 aliphatic rings. The lowest BCUT2D eigenvalue weighted by Crippen LogP contribution is -2.35. The van der Waals surface area contributed by atoms with Gasteiger partial charge in [0.1, 0.15) is 0 Å². The van der Waals surface area contributed by atoms with E-state index in [-0.39, 0.29) is 11.5 Å². The SMILES string of the molecule is COC12CCC(CC1)NC(=O)C2. The van der Waals surface area contributed by atoms with Gasteiger partial charge in [0.15, 0.2) is 0 Å². The van der Waals surface area contributed by atoms with Gasteiger partial charge in [-0.2, -0.15) is 0 Å². The zero-order valence-electron chi connectivity index (χ0n) is 7.43. The molecular weight excluding hydrogens is 154 g/mol. The molecular formula is C9H15NO2. The van der Waals surface area contributed by atoms with Gasteiger partial charge in [-0.1, -0.05) is 0 Å². The van der Waals surface area contributed by atoms with Gasteiger partial charge in [-0.3, -0.25) is 4.79 Å². The van der Waals surface area contributed by atoms with Gasteiger partial charge in [-0.15, -0.1) is 0 Å².